The lowest BCUT2D eigenvalue weighted by Crippen LogP contribution is -2.39. The highest BCUT2D eigenvalue weighted by atomic mass is 31.2. The number of rotatable bonds is 6. The van der Waals surface area contributed by atoms with E-state index in [1.165, 1.54) is 6.26 Å². The lowest BCUT2D eigenvalue weighted by atomic mass is 10.2. The summed E-state index contributed by atoms with van der Waals surface area (Å²) in [6, 6.07) is 3.23. The van der Waals surface area contributed by atoms with Crippen LogP contribution < -0.4 is 0 Å². The van der Waals surface area contributed by atoms with Gasteiger partial charge in [0.05, 0.1) is 25.8 Å². The number of carboxylic acids is 1. The van der Waals surface area contributed by atoms with Crippen LogP contribution in [0.15, 0.2) is 22.8 Å². The van der Waals surface area contributed by atoms with Crippen LogP contribution >= 0.6 is 7.37 Å². The molecule has 1 unspecified atom stereocenters. The number of hydrogen-bond donors (Lipinski definition) is 2. The van der Waals surface area contributed by atoms with Crippen LogP contribution in [-0.2, 0) is 20.5 Å². The molecule has 1 aromatic heterocycles. The monoisotopic (exact) mass is 303 g/mol. The van der Waals surface area contributed by atoms with Crippen LogP contribution in [0.4, 0.5) is 0 Å². The van der Waals surface area contributed by atoms with Crippen molar-refractivity contribution in [2.45, 2.75) is 12.1 Å². The normalized spacial score (nSPS) is 21.2. The third-order valence-corrected chi connectivity index (χ3v) is 5.44. The van der Waals surface area contributed by atoms with Gasteiger partial charge in [0.1, 0.15) is 11.4 Å². The van der Waals surface area contributed by atoms with E-state index in [-0.39, 0.29) is 12.7 Å². The zero-order chi connectivity index (χ0) is 14.6. The molecule has 0 amide bonds. The second-order valence-corrected chi connectivity index (χ2v) is 7.18. The molecule has 1 fully saturated rings. The Balaban J connectivity index is 2.05. The van der Waals surface area contributed by atoms with E-state index in [1.54, 1.807) is 17.0 Å². The van der Waals surface area contributed by atoms with E-state index in [1.807, 2.05) is 0 Å². The molecule has 1 aliphatic rings. The topological polar surface area (TPSA) is 100 Å². The molecule has 1 aliphatic heterocycles. The van der Waals surface area contributed by atoms with Crippen molar-refractivity contribution in [1.29, 1.82) is 0 Å². The summed E-state index contributed by atoms with van der Waals surface area (Å²) in [5.41, 5.74) is -1.35. The van der Waals surface area contributed by atoms with Gasteiger partial charge in [0.25, 0.3) is 0 Å². The predicted octanol–water partition coefficient (Wildman–Crippen LogP) is 0.835. The number of aliphatic carboxylic acids is 1. The average molecular weight is 303 g/mol. The largest absolute Gasteiger partial charge is 0.481 e. The van der Waals surface area contributed by atoms with E-state index in [2.05, 4.69) is 0 Å². The SMILES string of the molecule is O=C(O)[C@@H](Cc1ccco1)P(=O)(O)CN1CCOCC1. The summed E-state index contributed by atoms with van der Waals surface area (Å²) in [5.74, 6) is -0.880. The van der Waals surface area contributed by atoms with Crippen molar-refractivity contribution in [2.24, 2.45) is 0 Å². The lowest BCUT2D eigenvalue weighted by molar-refractivity contribution is -0.136. The van der Waals surface area contributed by atoms with Crippen LogP contribution in [0, 0.1) is 0 Å². The maximum atomic E-state index is 12.4. The fraction of sp³-hybridized carbons (Fsp3) is 0.583. The third-order valence-electron chi connectivity index (χ3n) is 3.25. The molecule has 0 aromatic carbocycles. The lowest BCUT2D eigenvalue weighted by Gasteiger charge is -2.30. The van der Waals surface area contributed by atoms with Crippen LogP contribution in [0.1, 0.15) is 5.76 Å². The van der Waals surface area contributed by atoms with Crippen LogP contribution in [0.2, 0.25) is 0 Å². The summed E-state index contributed by atoms with van der Waals surface area (Å²) >= 11 is 0. The Morgan fingerprint density at radius 3 is 2.70 bits per heavy atom. The zero-order valence-electron chi connectivity index (χ0n) is 11.0. The standard InChI is InChI=1S/C12H18NO6P/c14-12(15)11(8-10-2-1-5-19-10)20(16,17)9-13-3-6-18-7-4-13/h1-2,5,11H,3-4,6-9H2,(H,14,15)(H,16,17)/t11-/m1/s1. The van der Waals surface area contributed by atoms with E-state index < -0.39 is 19.0 Å². The molecule has 0 aliphatic carbocycles. The first-order valence-electron chi connectivity index (χ1n) is 6.36. The van der Waals surface area contributed by atoms with Gasteiger partial charge in [0.15, 0.2) is 0 Å². The highest BCUT2D eigenvalue weighted by Gasteiger charge is 2.39. The van der Waals surface area contributed by atoms with Gasteiger partial charge in [-0.05, 0) is 12.1 Å². The number of furan rings is 1. The Morgan fingerprint density at radius 1 is 1.45 bits per heavy atom. The Hall–Kier alpha value is -1.14. The molecule has 1 aromatic rings. The molecule has 2 heterocycles. The van der Waals surface area contributed by atoms with E-state index in [0.717, 1.165) is 0 Å². The van der Waals surface area contributed by atoms with Gasteiger partial charge in [-0.25, -0.2) is 0 Å². The fourth-order valence-electron chi connectivity index (χ4n) is 2.15. The van der Waals surface area contributed by atoms with Gasteiger partial charge in [-0.3, -0.25) is 14.3 Å². The molecular weight excluding hydrogens is 285 g/mol. The molecule has 1 saturated heterocycles. The second kappa shape index (κ2) is 6.54. The molecular formula is C12H18NO6P. The van der Waals surface area contributed by atoms with Crippen LogP contribution in [0.3, 0.4) is 0 Å². The van der Waals surface area contributed by atoms with E-state index >= 15 is 0 Å². The number of carbonyl (C=O) groups is 1. The Labute approximate surface area is 116 Å². The van der Waals surface area contributed by atoms with Crippen molar-refractivity contribution in [1.82, 2.24) is 4.90 Å². The number of carboxylic acid groups (broad SMARTS) is 1. The summed E-state index contributed by atoms with van der Waals surface area (Å²) < 4.78 is 22.6. The number of nitrogens with zero attached hydrogens (tertiary/aromatic N) is 1. The highest BCUT2D eigenvalue weighted by molar-refractivity contribution is 7.59. The molecule has 0 bridgehead atoms. The molecule has 2 atom stereocenters. The minimum atomic E-state index is -3.86. The first-order chi connectivity index (χ1) is 9.49. The van der Waals surface area contributed by atoms with Crippen molar-refractivity contribution in [3.05, 3.63) is 24.2 Å². The highest BCUT2D eigenvalue weighted by Crippen LogP contribution is 2.48. The summed E-state index contributed by atoms with van der Waals surface area (Å²) in [6.07, 6.45) is 1.20. The molecule has 8 heteroatoms. The van der Waals surface area contributed by atoms with Gasteiger partial charge in [0, 0.05) is 19.5 Å². The molecule has 7 nitrogen and oxygen atoms in total. The van der Waals surface area contributed by atoms with Crippen molar-refractivity contribution in [3.8, 4) is 0 Å². The minimum absolute atomic E-state index is 0.0829. The maximum Gasteiger partial charge on any atom is 0.316 e. The maximum absolute atomic E-state index is 12.4. The van der Waals surface area contributed by atoms with Crippen molar-refractivity contribution < 1.29 is 28.5 Å². The van der Waals surface area contributed by atoms with Crippen LogP contribution in [0.25, 0.3) is 0 Å². The van der Waals surface area contributed by atoms with Crippen molar-refractivity contribution in [2.75, 3.05) is 32.6 Å². The molecule has 2 N–H and O–H groups in total. The van der Waals surface area contributed by atoms with E-state index in [4.69, 9.17) is 9.15 Å². The van der Waals surface area contributed by atoms with Crippen LogP contribution in [-0.4, -0.2) is 59.1 Å². The number of ether oxygens (including phenoxy) is 1. The average Bonchev–Trinajstić information content (AvgIpc) is 2.89. The smallest absolute Gasteiger partial charge is 0.316 e. The number of morpholine rings is 1. The fourth-order valence-corrected chi connectivity index (χ4v) is 4.01. The Bertz CT molecular complexity index is 482. The first-order valence-corrected chi connectivity index (χ1v) is 8.27. The van der Waals surface area contributed by atoms with Gasteiger partial charge in [-0.15, -0.1) is 0 Å². The molecule has 0 spiro atoms. The number of hydrogen-bond acceptors (Lipinski definition) is 5. The molecule has 0 radical (unpaired) electrons. The van der Waals surface area contributed by atoms with Crippen molar-refractivity contribution in [3.63, 3.8) is 0 Å². The van der Waals surface area contributed by atoms with Gasteiger partial charge < -0.3 is 19.2 Å². The summed E-state index contributed by atoms with van der Waals surface area (Å²) in [6.45, 7) is 2.07. The molecule has 20 heavy (non-hydrogen) atoms. The molecule has 112 valence electrons. The summed E-state index contributed by atoms with van der Waals surface area (Å²) in [5, 5.41) is 9.22. The van der Waals surface area contributed by atoms with Gasteiger partial charge in [-0.2, -0.15) is 0 Å². The third kappa shape index (κ3) is 3.93. The second-order valence-electron chi connectivity index (χ2n) is 4.76. The predicted molar refractivity (Wildman–Crippen MR) is 70.9 cm³/mol. The minimum Gasteiger partial charge on any atom is -0.481 e. The van der Waals surface area contributed by atoms with Crippen LogP contribution in [0.5, 0.6) is 0 Å². The Kier molecular flexibility index (Phi) is 4.99. The summed E-state index contributed by atoms with van der Waals surface area (Å²) in [4.78, 5) is 23.2. The van der Waals surface area contributed by atoms with E-state index in [9.17, 15) is 19.4 Å². The molecule has 2 rings (SSSR count). The quantitative estimate of drug-likeness (QED) is 0.751. The van der Waals surface area contributed by atoms with Gasteiger partial charge in [0.2, 0.25) is 7.37 Å². The van der Waals surface area contributed by atoms with Gasteiger partial charge >= 0.3 is 5.97 Å². The Morgan fingerprint density at radius 2 is 2.15 bits per heavy atom. The zero-order valence-corrected chi connectivity index (χ0v) is 11.9. The first kappa shape index (κ1) is 15.3. The van der Waals surface area contributed by atoms with Gasteiger partial charge in [-0.1, -0.05) is 0 Å². The molecule has 0 saturated carbocycles. The summed E-state index contributed by atoms with van der Waals surface area (Å²) in [7, 11) is -3.86. The van der Waals surface area contributed by atoms with E-state index in [0.29, 0.717) is 32.1 Å². The van der Waals surface area contributed by atoms with Crippen molar-refractivity contribution >= 4 is 13.3 Å².